The fourth-order valence-electron chi connectivity index (χ4n) is 1.94. The van der Waals surface area contributed by atoms with Crippen molar-refractivity contribution in [2.45, 2.75) is 6.54 Å². The molecule has 1 saturated heterocycles. The average molecular weight is 260 g/mol. The van der Waals surface area contributed by atoms with Crippen LogP contribution in [0.1, 0.15) is 5.89 Å². The van der Waals surface area contributed by atoms with Gasteiger partial charge in [0.25, 0.3) is 5.95 Å². The summed E-state index contributed by atoms with van der Waals surface area (Å²) in [5.74, 6) is 1.23. The predicted molar refractivity (Wildman–Crippen MR) is 71.1 cm³/mol. The monoisotopic (exact) mass is 260 g/mol. The number of ether oxygens (including phenoxy) is 1. The molecule has 0 bridgehead atoms. The molecule has 6 heteroatoms. The Labute approximate surface area is 111 Å². The normalized spacial score (nSPS) is 15.5. The van der Waals surface area contributed by atoms with Crippen molar-refractivity contribution in [3.63, 3.8) is 0 Å². The van der Waals surface area contributed by atoms with Crippen molar-refractivity contribution < 1.29 is 9.26 Å². The molecule has 6 nitrogen and oxygen atoms in total. The topological polar surface area (TPSA) is 63.4 Å². The summed E-state index contributed by atoms with van der Waals surface area (Å²) in [7, 11) is 0. The van der Waals surface area contributed by atoms with E-state index in [0.29, 0.717) is 31.6 Å². The third-order valence-corrected chi connectivity index (χ3v) is 2.97. The van der Waals surface area contributed by atoms with Crippen LogP contribution >= 0.6 is 0 Å². The Morgan fingerprint density at radius 2 is 1.95 bits per heavy atom. The lowest BCUT2D eigenvalue weighted by Gasteiger charge is -2.24. The molecule has 2 heterocycles. The van der Waals surface area contributed by atoms with Crippen LogP contribution in [0.2, 0.25) is 0 Å². The second-order valence-corrected chi connectivity index (χ2v) is 4.31. The van der Waals surface area contributed by atoms with E-state index in [0.717, 1.165) is 18.8 Å². The summed E-state index contributed by atoms with van der Waals surface area (Å²) in [5.41, 5.74) is 1.04. The maximum Gasteiger partial charge on any atom is 0.266 e. The predicted octanol–water partition coefficient (Wildman–Crippen LogP) is 1.52. The molecule has 2 aromatic rings. The lowest BCUT2D eigenvalue weighted by molar-refractivity contribution is 0.121. The smallest absolute Gasteiger partial charge is 0.266 e. The van der Waals surface area contributed by atoms with Gasteiger partial charge in [-0.2, -0.15) is 4.98 Å². The Kier molecular flexibility index (Phi) is 3.60. The molecule has 1 aromatic carbocycles. The summed E-state index contributed by atoms with van der Waals surface area (Å²) in [6.07, 6.45) is 0. The van der Waals surface area contributed by atoms with Crippen molar-refractivity contribution in [2.24, 2.45) is 0 Å². The molecule has 0 saturated carbocycles. The number of aromatic nitrogens is 2. The van der Waals surface area contributed by atoms with Gasteiger partial charge in [0.05, 0.1) is 19.8 Å². The minimum absolute atomic E-state index is 0.529. The van der Waals surface area contributed by atoms with Crippen LogP contribution in [0.25, 0.3) is 0 Å². The minimum Gasteiger partial charge on any atom is -0.378 e. The molecule has 0 atom stereocenters. The second-order valence-electron chi connectivity index (χ2n) is 4.31. The maximum atomic E-state index is 5.29. The third-order valence-electron chi connectivity index (χ3n) is 2.97. The third kappa shape index (κ3) is 3.03. The van der Waals surface area contributed by atoms with Gasteiger partial charge in [0, 0.05) is 18.8 Å². The summed E-state index contributed by atoms with van der Waals surface area (Å²) in [6.45, 7) is 3.58. The molecule has 1 aromatic heterocycles. The molecule has 0 spiro atoms. The van der Waals surface area contributed by atoms with Gasteiger partial charge >= 0.3 is 0 Å². The van der Waals surface area contributed by atoms with Gasteiger partial charge in [-0.15, -0.1) is 0 Å². The highest BCUT2D eigenvalue weighted by molar-refractivity contribution is 5.42. The van der Waals surface area contributed by atoms with Gasteiger partial charge in [0.15, 0.2) is 0 Å². The van der Waals surface area contributed by atoms with Gasteiger partial charge in [-0.25, -0.2) is 0 Å². The van der Waals surface area contributed by atoms with Gasteiger partial charge < -0.3 is 19.5 Å². The van der Waals surface area contributed by atoms with Crippen LogP contribution in [0.15, 0.2) is 34.9 Å². The van der Waals surface area contributed by atoms with E-state index in [9.17, 15) is 0 Å². The minimum atomic E-state index is 0.529. The van der Waals surface area contributed by atoms with E-state index in [-0.39, 0.29) is 0 Å². The summed E-state index contributed by atoms with van der Waals surface area (Å²) in [4.78, 5) is 6.45. The zero-order chi connectivity index (χ0) is 12.9. The van der Waals surface area contributed by atoms with Crippen LogP contribution in [0.3, 0.4) is 0 Å². The molecule has 0 unspecified atom stereocenters. The zero-order valence-corrected chi connectivity index (χ0v) is 10.6. The zero-order valence-electron chi connectivity index (χ0n) is 10.6. The molecular weight excluding hydrogens is 244 g/mol. The Balaban J connectivity index is 1.58. The quantitative estimate of drug-likeness (QED) is 0.899. The fourth-order valence-corrected chi connectivity index (χ4v) is 1.94. The van der Waals surface area contributed by atoms with E-state index in [1.165, 1.54) is 0 Å². The van der Waals surface area contributed by atoms with Gasteiger partial charge in [0.2, 0.25) is 5.89 Å². The first-order valence-corrected chi connectivity index (χ1v) is 6.36. The number of nitrogens with one attached hydrogen (secondary N) is 1. The molecule has 1 N–H and O–H groups in total. The molecule has 0 radical (unpaired) electrons. The van der Waals surface area contributed by atoms with Crippen LogP contribution in [-0.2, 0) is 11.3 Å². The lowest BCUT2D eigenvalue weighted by atomic mass is 10.3. The van der Waals surface area contributed by atoms with E-state index >= 15 is 0 Å². The SMILES string of the molecule is c1ccc(NCc2nc(N3CCOCC3)no2)cc1. The first kappa shape index (κ1) is 12.0. The van der Waals surface area contributed by atoms with Gasteiger partial charge in [-0.05, 0) is 17.3 Å². The van der Waals surface area contributed by atoms with E-state index < -0.39 is 0 Å². The van der Waals surface area contributed by atoms with E-state index in [1.54, 1.807) is 0 Å². The highest BCUT2D eigenvalue weighted by Crippen LogP contribution is 2.12. The molecule has 100 valence electrons. The van der Waals surface area contributed by atoms with E-state index in [4.69, 9.17) is 9.26 Å². The largest absolute Gasteiger partial charge is 0.378 e. The Morgan fingerprint density at radius 3 is 2.74 bits per heavy atom. The van der Waals surface area contributed by atoms with Gasteiger partial charge in [0.1, 0.15) is 0 Å². The Morgan fingerprint density at radius 1 is 1.16 bits per heavy atom. The van der Waals surface area contributed by atoms with E-state index in [1.807, 2.05) is 30.3 Å². The van der Waals surface area contributed by atoms with Crippen LogP contribution < -0.4 is 10.2 Å². The van der Waals surface area contributed by atoms with Crippen molar-refractivity contribution in [3.05, 3.63) is 36.2 Å². The highest BCUT2D eigenvalue weighted by Gasteiger charge is 2.16. The van der Waals surface area contributed by atoms with E-state index in [2.05, 4.69) is 20.4 Å². The molecule has 3 rings (SSSR count). The first-order chi connectivity index (χ1) is 9.42. The van der Waals surface area contributed by atoms with Crippen LogP contribution in [0.4, 0.5) is 11.6 Å². The number of hydrogen-bond donors (Lipinski definition) is 1. The Hall–Kier alpha value is -2.08. The lowest BCUT2D eigenvalue weighted by Crippen LogP contribution is -2.36. The summed E-state index contributed by atoms with van der Waals surface area (Å²) >= 11 is 0. The van der Waals surface area contributed by atoms with Crippen molar-refractivity contribution in [3.8, 4) is 0 Å². The Bertz CT molecular complexity index is 508. The number of anilines is 2. The molecule has 1 aliphatic rings. The number of benzene rings is 1. The molecular formula is C13H16N4O2. The summed E-state index contributed by atoms with van der Waals surface area (Å²) in [5, 5.41) is 7.23. The number of para-hydroxylation sites is 1. The van der Waals surface area contributed by atoms with Crippen LogP contribution in [0, 0.1) is 0 Å². The van der Waals surface area contributed by atoms with Gasteiger partial charge in [-0.3, -0.25) is 0 Å². The average Bonchev–Trinajstić information content (AvgIpc) is 2.96. The number of morpholine rings is 1. The molecule has 1 aliphatic heterocycles. The summed E-state index contributed by atoms with van der Waals surface area (Å²) in [6, 6.07) is 9.94. The van der Waals surface area contributed by atoms with Crippen molar-refractivity contribution in [1.29, 1.82) is 0 Å². The molecule has 19 heavy (non-hydrogen) atoms. The first-order valence-electron chi connectivity index (χ1n) is 6.36. The number of hydrogen-bond acceptors (Lipinski definition) is 6. The van der Waals surface area contributed by atoms with Gasteiger partial charge in [-0.1, -0.05) is 18.2 Å². The van der Waals surface area contributed by atoms with Crippen LogP contribution in [0.5, 0.6) is 0 Å². The maximum absolute atomic E-state index is 5.29. The molecule has 0 aliphatic carbocycles. The summed E-state index contributed by atoms with van der Waals surface area (Å²) < 4.78 is 10.5. The van der Waals surface area contributed by atoms with Crippen LogP contribution in [-0.4, -0.2) is 36.4 Å². The van der Waals surface area contributed by atoms with Crippen molar-refractivity contribution in [2.75, 3.05) is 36.5 Å². The van der Waals surface area contributed by atoms with Crippen molar-refractivity contribution >= 4 is 11.6 Å². The fraction of sp³-hybridized carbons (Fsp3) is 0.385. The highest BCUT2D eigenvalue weighted by atomic mass is 16.5. The molecule has 0 amide bonds. The standard InChI is InChI=1S/C13H16N4O2/c1-2-4-11(5-3-1)14-10-12-15-13(16-19-12)17-6-8-18-9-7-17/h1-5,14H,6-10H2. The number of nitrogens with zero attached hydrogens (tertiary/aromatic N) is 3. The second kappa shape index (κ2) is 5.71. The number of rotatable bonds is 4. The molecule has 1 fully saturated rings. The van der Waals surface area contributed by atoms with Crippen molar-refractivity contribution in [1.82, 2.24) is 10.1 Å².